The van der Waals surface area contributed by atoms with Crippen molar-refractivity contribution in [1.29, 1.82) is 5.41 Å². The molecule has 0 saturated carbocycles. The highest BCUT2D eigenvalue weighted by Gasteiger charge is 2.18. The number of hydrogen-bond donors (Lipinski definition) is 2. The van der Waals surface area contributed by atoms with Crippen molar-refractivity contribution >= 4 is 22.7 Å². The molecule has 0 bridgehead atoms. The fourth-order valence-electron chi connectivity index (χ4n) is 3.99. The van der Waals surface area contributed by atoms with Crippen LogP contribution in [0.3, 0.4) is 0 Å². The summed E-state index contributed by atoms with van der Waals surface area (Å²) in [5.41, 5.74) is 13.1. The number of rotatable bonds is 5. The van der Waals surface area contributed by atoms with E-state index in [0.29, 0.717) is 23.8 Å². The zero-order valence-corrected chi connectivity index (χ0v) is 17.9. The summed E-state index contributed by atoms with van der Waals surface area (Å²) in [6.45, 7) is 1.97. The molecule has 3 aromatic heterocycles. The van der Waals surface area contributed by atoms with E-state index in [1.165, 1.54) is 0 Å². The van der Waals surface area contributed by atoms with E-state index >= 15 is 0 Å². The van der Waals surface area contributed by atoms with E-state index in [1.807, 2.05) is 35.8 Å². The molecule has 0 spiro atoms. The summed E-state index contributed by atoms with van der Waals surface area (Å²) in [5.74, 6) is 1.14. The number of pyridine rings is 2. The topological polar surface area (TPSA) is 93.5 Å². The number of benzene rings is 1. The van der Waals surface area contributed by atoms with Crippen LogP contribution in [0.1, 0.15) is 24.1 Å². The third-order valence-corrected chi connectivity index (χ3v) is 5.64. The van der Waals surface area contributed by atoms with Gasteiger partial charge in [-0.25, -0.2) is 15.0 Å². The van der Waals surface area contributed by atoms with Crippen LogP contribution in [0.15, 0.2) is 78.5 Å². The third kappa shape index (κ3) is 3.71. The Hall–Kier alpha value is -4.06. The lowest BCUT2D eigenvalue weighted by Crippen LogP contribution is -2.06. The van der Waals surface area contributed by atoms with E-state index in [4.69, 9.17) is 21.1 Å². The molecule has 3 heterocycles. The van der Waals surface area contributed by atoms with Gasteiger partial charge in [-0.2, -0.15) is 0 Å². The number of fused-ring (bicyclic) bond motifs is 1. The summed E-state index contributed by atoms with van der Waals surface area (Å²) in [4.78, 5) is 13.8. The van der Waals surface area contributed by atoms with Gasteiger partial charge in [-0.3, -0.25) is 4.57 Å². The summed E-state index contributed by atoms with van der Waals surface area (Å²) >= 11 is 0. The maximum atomic E-state index is 8.45. The van der Waals surface area contributed by atoms with E-state index in [-0.39, 0.29) is 0 Å². The first kappa shape index (κ1) is 19.9. The highest BCUT2D eigenvalue weighted by atomic mass is 15.1. The molecule has 1 aliphatic rings. The Morgan fingerprint density at radius 3 is 2.66 bits per heavy atom. The first-order valence-electron chi connectivity index (χ1n) is 10.7. The number of aryl methyl sites for hydroxylation is 1. The highest BCUT2D eigenvalue weighted by Crippen LogP contribution is 2.30. The van der Waals surface area contributed by atoms with Gasteiger partial charge in [0.2, 0.25) is 0 Å². The monoisotopic (exact) mass is 420 g/mol. The standard InChI is InChI=1S/C26H24N6/c1-17-9-14-23-26(30-17)32(25(31-23)21-8-5-15-29-24(21)28)20-12-10-18(11-13-20)16-22(27)19-6-3-2-4-7-19/h3,5-15,27H,2,4,16H2,1H3,(H2,28,29). The molecule has 6 nitrogen and oxygen atoms in total. The second-order valence-electron chi connectivity index (χ2n) is 7.96. The second-order valence-corrected chi connectivity index (χ2v) is 7.96. The van der Waals surface area contributed by atoms with Crippen LogP contribution in [-0.2, 0) is 6.42 Å². The Labute approximate surface area is 186 Å². The normalized spacial score (nSPS) is 13.3. The number of nitrogens with zero attached hydrogens (tertiary/aromatic N) is 4. The predicted molar refractivity (Wildman–Crippen MR) is 129 cm³/mol. The van der Waals surface area contributed by atoms with Crippen molar-refractivity contribution in [3.63, 3.8) is 0 Å². The third-order valence-electron chi connectivity index (χ3n) is 5.64. The fourth-order valence-corrected chi connectivity index (χ4v) is 3.99. The number of aromatic nitrogens is 4. The van der Waals surface area contributed by atoms with Gasteiger partial charge in [-0.15, -0.1) is 0 Å². The van der Waals surface area contributed by atoms with Gasteiger partial charge in [-0.1, -0.05) is 30.4 Å². The molecule has 0 aliphatic heterocycles. The molecule has 0 amide bonds. The molecule has 0 radical (unpaired) electrons. The molecule has 1 aliphatic carbocycles. The number of nitrogen functional groups attached to an aromatic ring is 1. The van der Waals surface area contributed by atoms with Gasteiger partial charge in [0.25, 0.3) is 0 Å². The zero-order valence-electron chi connectivity index (χ0n) is 17.9. The van der Waals surface area contributed by atoms with Crippen LogP contribution in [0.25, 0.3) is 28.2 Å². The van der Waals surface area contributed by atoms with Gasteiger partial charge in [0.15, 0.2) is 11.5 Å². The number of allylic oxidation sites excluding steroid dienone is 4. The predicted octanol–water partition coefficient (Wildman–Crippen LogP) is 5.21. The Balaban J connectivity index is 1.55. The summed E-state index contributed by atoms with van der Waals surface area (Å²) in [7, 11) is 0. The van der Waals surface area contributed by atoms with Crippen LogP contribution in [0.2, 0.25) is 0 Å². The van der Waals surface area contributed by atoms with Gasteiger partial charge in [0.05, 0.1) is 5.56 Å². The molecular weight excluding hydrogens is 396 g/mol. The first-order chi connectivity index (χ1) is 15.6. The van der Waals surface area contributed by atoms with Gasteiger partial charge in [0, 0.05) is 29.7 Å². The van der Waals surface area contributed by atoms with Crippen LogP contribution in [0.4, 0.5) is 5.82 Å². The lowest BCUT2D eigenvalue weighted by Gasteiger charge is -2.12. The van der Waals surface area contributed by atoms with Crippen molar-refractivity contribution in [3.05, 3.63) is 89.8 Å². The molecule has 4 aromatic rings. The van der Waals surface area contributed by atoms with E-state index in [0.717, 1.165) is 52.1 Å². The average molecular weight is 421 g/mol. The summed E-state index contributed by atoms with van der Waals surface area (Å²) in [6.07, 6.45) is 10.7. The largest absolute Gasteiger partial charge is 0.383 e. The molecule has 5 rings (SSSR count). The molecule has 32 heavy (non-hydrogen) atoms. The maximum absolute atomic E-state index is 8.45. The SMILES string of the molecule is Cc1ccc2nc(-c3cccnc3N)n(-c3ccc(CC(=N)C4=CCCC=C4)cc3)c2n1. The van der Waals surface area contributed by atoms with Crippen molar-refractivity contribution in [3.8, 4) is 17.1 Å². The minimum Gasteiger partial charge on any atom is -0.383 e. The Morgan fingerprint density at radius 2 is 1.91 bits per heavy atom. The Morgan fingerprint density at radius 1 is 1.06 bits per heavy atom. The first-order valence-corrected chi connectivity index (χ1v) is 10.7. The molecule has 1 aromatic carbocycles. The number of nitrogens with one attached hydrogen (secondary N) is 1. The van der Waals surface area contributed by atoms with Gasteiger partial charge >= 0.3 is 0 Å². The zero-order chi connectivity index (χ0) is 22.1. The molecule has 0 atom stereocenters. The lowest BCUT2D eigenvalue weighted by atomic mass is 9.98. The van der Waals surface area contributed by atoms with Crippen molar-refractivity contribution < 1.29 is 0 Å². The van der Waals surface area contributed by atoms with E-state index in [2.05, 4.69) is 47.5 Å². The van der Waals surface area contributed by atoms with Crippen molar-refractivity contribution in [2.24, 2.45) is 0 Å². The summed E-state index contributed by atoms with van der Waals surface area (Å²) in [5, 5.41) is 8.45. The highest BCUT2D eigenvalue weighted by molar-refractivity contribution is 6.01. The fraction of sp³-hybridized carbons (Fsp3) is 0.154. The van der Waals surface area contributed by atoms with Gasteiger partial charge in [0.1, 0.15) is 11.3 Å². The molecule has 6 heteroatoms. The van der Waals surface area contributed by atoms with Crippen molar-refractivity contribution in [2.45, 2.75) is 26.2 Å². The van der Waals surface area contributed by atoms with Crippen LogP contribution < -0.4 is 5.73 Å². The number of imidazole rings is 1. The van der Waals surface area contributed by atoms with Crippen molar-refractivity contribution in [1.82, 2.24) is 19.5 Å². The van der Waals surface area contributed by atoms with Crippen LogP contribution >= 0.6 is 0 Å². The molecule has 0 fully saturated rings. The minimum atomic E-state index is 0.430. The van der Waals surface area contributed by atoms with E-state index in [1.54, 1.807) is 6.20 Å². The Bertz CT molecular complexity index is 1380. The van der Waals surface area contributed by atoms with Crippen LogP contribution in [0.5, 0.6) is 0 Å². The average Bonchev–Trinajstić information content (AvgIpc) is 3.19. The van der Waals surface area contributed by atoms with Crippen LogP contribution in [0, 0.1) is 12.3 Å². The molecule has 3 N–H and O–H groups in total. The number of anilines is 1. The lowest BCUT2D eigenvalue weighted by molar-refractivity contribution is 1.02. The minimum absolute atomic E-state index is 0.430. The number of hydrogen-bond acceptors (Lipinski definition) is 5. The van der Waals surface area contributed by atoms with E-state index in [9.17, 15) is 0 Å². The smallest absolute Gasteiger partial charge is 0.165 e. The summed E-state index contributed by atoms with van der Waals surface area (Å²) < 4.78 is 2.03. The molecule has 0 saturated heterocycles. The quantitative estimate of drug-likeness (QED) is 0.433. The van der Waals surface area contributed by atoms with Crippen LogP contribution in [-0.4, -0.2) is 25.2 Å². The van der Waals surface area contributed by atoms with Gasteiger partial charge in [-0.05, 0) is 67.3 Å². The molecule has 158 valence electrons. The van der Waals surface area contributed by atoms with Crippen molar-refractivity contribution in [2.75, 3.05) is 5.73 Å². The summed E-state index contributed by atoms with van der Waals surface area (Å²) in [6, 6.07) is 15.9. The molecule has 0 unspecified atom stereocenters. The Kier molecular flexibility index (Phi) is 5.11. The van der Waals surface area contributed by atoms with Gasteiger partial charge < -0.3 is 11.1 Å². The second kappa shape index (κ2) is 8.23. The maximum Gasteiger partial charge on any atom is 0.165 e. The molecular formula is C26H24N6. The van der Waals surface area contributed by atoms with E-state index < -0.39 is 0 Å². The number of nitrogens with two attached hydrogens (primary N) is 1.